The van der Waals surface area contributed by atoms with Crippen molar-refractivity contribution < 1.29 is 0 Å². The third-order valence-corrected chi connectivity index (χ3v) is 11.1. The summed E-state index contributed by atoms with van der Waals surface area (Å²) in [6.45, 7) is 0. The molecule has 9 aromatic carbocycles. The summed E-state index contributed by atoms with van der Waals surface area (Å²) >= 11 is 0. The molecule has 0 spiro atoms. The SMILES string of the molecule is c1ccc(-c2nc(-c3ccc(-c4ccnc5ccccc45)cc3)cc(-c3ccc(-c4cc5c6ccccc6c6ccccc6c5c5ccccc45)cc3)n2)cc1. The second kappa shape index (κ2) is 13.1. The number of fused-ring (bicyclic) bond motifs is 9. The average Bonchev–Trinajstić information content (AvgIpc) is 3.29. The van der Waals surface area contributed by atoms with Crippen molar-refractivity contribution in [2.75, 3.05) is 0 Å². The Hall–Kier alpha value is -7.49. The first-order valence-corrected chi connectivity index (χ1v) is 19.0. The van der Waals surface area contributed by atoms with Gasteiger partial charge in [-0.3, -0.25) is 4.98 Å². The molecular weight excluding hydrogens is 679 g/mol. The van der Waals surface area contributed by atoms with Crippen LogP contribution in [0.25, 0.3) is 110 Å². The van der Waals surface area contributed by atoms with Gasteiger partial charge in [-0.25, -0.2) is 9.97 Å². The standard InChI is InChI=1S/C53H33N3/c1-2-12-38(13-3-1)53-55-50(36-26-22-34(23-27-36)39-30-31-54-49-21-11-10-18-44(39)49)33-51(56-53)37-28-24-35(25-29-37)47-32-48-42-16-5-4-14-40(42)41-15-6-8-19-45(41)52(48)46-20-9-7-17-43(46)47/h1-33H. The van der Waals surface area contributed by atoms with E-state index < -0.39 is 0 Å². The zero-order valence-corrected chi connectivity index (χ0v) is 30.4. The summed E-state index contributed by atoms with van der Waals surface area (Å²) in [4.78, 5) is 14.8. The van der Waals surface area contributed by atoms with Crippen molar-refractivity contribution in [1.29, 1.82) is 0 Å². The number of rotatable bonds is 5. The molecule has 0 saturated carbocycles. The van der Waals surface area contributed by atoms with Crippen molar-refractivity contribution in [2.45, 2.75) is 0 Å². The van der Waals surface area contributed by atoms with Crippen LogP contribution in [-0.2, 0) is 0 Å². The van der Waals surface area contributed by atoms with Crippen LogP contribution in [0.5, 0.6) is 0 Å². The largest absolute Gasteiger partial charge is 0.256 e. The molecule has 11 rings (SSSR count). The Bertz CT molecular complexity index is 3270. The third kappa shape index (κ3) is 5.32. The van der Waals surface area contributed by atoms with E-state index >= 15 is 0 Å². The lowest BCUT2D eigenvalue weighted by Crippen LogP contribution is -1.96. The Morgan fingerprint density at radius 1 is 0.286 bits per heavy atom. The normalized spacial score (nSPS) is 11.6. The van der Waals surface area contributed by atoms with E-state index in [1.807, 2.05) is 30.5 Å². The van der Waals surface area contributed by atoms with E-state index in [2.05, 4.69) is 175 Å². The zero-order valence-electron chi connectivity index (χ0n) is 30.4. The summed E-state index contributed by atoms with van der Waals surface area (Å²) in [5.41, 5.74) is 10.5. The molecule has 0 saturated heterocycles. The van der Waals surface area contributed by atoms with Crippen LogP contribution >= 0.6 is 0 Å². The van der Waals surface area contributed by atoms with Crippen LogP contribution in [0.4, 0.5) is 0 Å². The predicted molar refractivity (Wildman–Crippen MR) is 235 cm³/mol. The Morgan fingerprint density at radius 2 is 0.750 bits per heavy atom. The first-order valence-electron chi connectivity index (χ1n) is 19.0. The Balaban J connectivity index is 1.03. The van der Waals surface area contributed by atoms with Crippen LogP contribution in [0.2, 0.25) is 0 Å². The molecule has 0 aliphatic carbocycles. The van der Waals surface area contributed by atoms with Gasteiger partial charge in [-0.1, -0.05) is 170 Å². The van der Waals surface area contributed by atoms with Crippen LogP contribution in [0.3, 0.4) is 0 Å². The third-order valence-electron chi connectivity index (χ3n) is 11.1. The van der Waals surface area contributed by atoms with E-state index in [1.165, 1.54) is 54.2 Å². The van der Waals surface area contributed by atoms with Crippen LogP contribution in [-0.4, -0.2) is 15.0 Å². The van der Waals surface area contributed by atoms with Crippen molar-refractivity contribution in [1.82, 2.24) is 15.0 Å². The van der Waals surface area contributed by atoms with E-state index in [0.29, 0.717) is 5.82 Å². The molecule has 0 aliphatic heterocycles. The Morgan fingerprint density at radius 3 is 1.39 bits per heavy atom. The second-order valence-corrected chi connectivity index (χ2v) is 14.3. The Labute approximate surface area is 324 Å². The summed E-state index contributed by atoms with van der Waals surface area (Å²) in [6, 6.07) is 69.1. The minimum atomic E-state index is 0.700. The molecule has 56 heavy (non-hydrogen) atoms. The fourth-order valence-electron chi connectivity index (χ4n) is 8.45. The first kappa shape index (κ1) is 32.0. The van der Waals surface area contributed by atoms with Crippen molar-refractivity contribution in [3.05, 3.63) is 200 Å². The maximum atomic E-state index is 5.14. The van der Waals surface area contributed by atoms with Gasteiger partial charge in [0.1, 0.15) is 0 Å². The lowest BCUT2D eigenvalue weighted by atomic mass is 9.87. The van der Waals surface area contributed by atoms with Gasteiger partial charge < -0.3 is 0 Å². The van der Waals surface area contributed by atoms with Gasteiger partial charge in [-0.05, 0) is 89.6 Å². The highest BCUT2D eigenvalue weighted by molar-refractivity contribution is 6.33. The highest BCUT2D eigenvalue weighted by Crippen LogP contribution is 2.43. The number of para-hydroxylation sites is 1. The van der Waals surface area contributed by atoms with E-state index in [1.54, 1.807) is 0 Å². The minimum Gasteiger partial charge on any atom is -0.256 e. The average molecular weight is 712 g/mol. The molecule has 260 valence electrons. The zero-order chi connectivity index (χ0) is 37.0. The molecular formula is C53H33N3. The molecule has 0 unspecified atom stereocenters. The van der Waals surface area contributed by atoms with Gasteiger partial charge in [0.25, 0.3) is 0 Å². The fraction of sp³-hybridized carbons (Fsp3) is 0. The predicted octanol–water partition coefficient (Wildman–Crippen LogP) is 14.0. The molecule has 0 atom stereocenters. The van der Waals surface area contributed by atoms with Crippen molar-refractivity contribution in [3.8, 4) is 56.2 Å². The molecule has 0 N–H and O–H groups in total. The minimum absolute atomic E-state index is 0.700. The van der Waals surface area contributed by atoms with Gasteiger partial charge in [0.05, 0.1) is 16.9 Å². The lowest BCUT2D eigenvalue weighted by Gasteiger charge is -2.16. The van der Waals surface area contributed by atoms with Gasteiger partial charge in [0.15, 0.2) is 5.82 Å². The number of nitrogens with zero attached hydrogens (tertiary/aromatic N) is 3. The number of benzene rings is 9. The first-order chi connectivity index (χ1) is 27.8. The van der Waals surface area contributed by atoms with Gasteiger partial charge >= 0.3 is 0 Å². The molecule has 0 amide bonds. The van der Waals surface area contributed by atoms with E-state index in [4.69, 9.17) is 9.97 Å². The topological polar surface area (TPSA) is 38.7 Å². The molecule has 0 aliphatic rings. The van der Waals surface area contributed by atoms with Gasteiger partial charge in [-0.2, -0.15) is 0 Å². The summed E-state index contributed by atoms with van der Waals surface area (Å²) in [7, 11) is 0. The highest BCUT2D eigenvalue weighted by Gasteiger charge is 2.16. The van der Waals surface area contributed by atoms with E-state index in [0.717, 1.165) is 50.1 Å². The maximum absolute atomic E-state index is 5.14. The van der Waals surface area contributed by atoms with Crippen LogP contribution < -0.4 is 0 Å². The number of hydrogen-bond acceptors (Lipinski definition) is 3. The van der Waals surface area contributed by atoms with Gasteiger partial charge in [0, 0.05) is 28.3 Å². The second-order valence-electron chi connectivity index (χ2n) is 14.3. The molecule has 11 aromatic rings. The van der Waals surface area contributed by atoms with Crippen molar-refractivity contribution in [2.24, 2.45) is 0 Å². The van der Waals surface area contributed by atoms with E-state index in [-0.39, 0.29) is 0 Å². The molecule has 2 aromatic heterocycles. The Kier molecular flexibility index (Phi) is 7.49. The van der Waals surface area contributed by atoms with Crippen molar-refractivity contribution in [3.63, 3.8) is 0 Å². The van der Waals surface area contributed by atoms with Crippen LogP contribution in [0.1, 0.15) is 0 Å². The summed E-state index contributed by atoms with van der Waals surface area (Å²) in [5, 5.41) is 11.3. The maximum Gasteiger partial charge on any atom is 0.160 e. The molecule has 3 heteroatoms. The summed E-state index contributed by atoms with van der Waals surface area (Å²) < 4.78 is 0. The van der Waals surface area contributed by atoms with Crippen LogP contribution in [0, 0.1) is 0 Å². The number of aromatic nitrogens is 3. The van der Waals surface area contributed by atoms with Gasteiger partial charge in [-0.15, -0.1) is 0 Å². The fourth-order valence-corrected chi connectivity index (χ4v) is 8.45. The summed E-state index contributed by atoms with van der Waals surface area (Å²) in [6.07, 6.45) is 1.88. The number of pyridine rings is 1. The quantitative estimate of drug-likeness (QED) is 0.167. The summed E-state index contributed by atoms with van der Waals surface area (Å²) in [5.74, 6) is 0.700. The molecule has 0 fully saturated rings. The lowest BCUT2D eigenvalue weighted by molar-refractivity contribution is 1.18. The molecule has 0 bridgehead atoms. The number of hydrogen-bond donors (Lipinski definition) is 0. The van der Waals surface area contributed by atoms with Crippen molar-refractivity contribution >= 4 is 54.0 Å². The van der Waals surface area contributed by atoms with E-state index in [9.17, 15) is 0 Å². The smallest absolute Gasteiger partial charge is 0.160 e. The monoisotopic (exact) mass is 711 g/mol. The molecule has 3 nitrogen and oxygen atoms in total. The molecule has 0 radical (unpaired) electrons. The molecule has 2 heterocycles. The highest BCUT2D eigenvalue weighted by atomic mass is 14.9. The van der Waals surface area contributed by atoms with Crippen LogP contribution in [0.15, 0.2) is 200 Å². The van der Waals surface area contributed by atoms with Gasteiger partial charge in [0.2, 0.25) is 0 Å².